The van der Waals surface area contributed by atoms with Crippen LogP contribution in [0.3, 0.4) is 0 Å². The predicted molar refractivity (Wildman–Crippen MR) is 81.1 cm³/mol. The van der Waals surface area contributed by atoms with Crippen LogP contribution in [0.1, 0.15) is 57.2 Å². The summed E-state index contributed by atoms with van der Waals surface area (Å²) in [4.78, 5) is 0. The molecule has 0 bridgehead atoms. The number of hydrogen-bond acceptors (Lipinski definition) is 2. The minimum atomic E-state index is 0.580. The Morgan fingerprint density at radius 1 is 1.28 bits per heavy atom. The summed E-state index contributed by atoms with van der Waals surface area (Å²) >= 11 is 1.85. The maximum absolute atomic E-state index is 3.74. The number of nitrogens with one attached hydrogen (secondary N) is 1. The summed E-state index contributed by atoms with van der Waals surface area (Å²) in [6.45, 7) is 10.4. The average molecular weight is 265 g/mol. The molecular formula is C16H27NS. The number of hydrogen-bond donors (Lipinski definition) is 1. The van der Waals surface area contributed by atoms with Crippen molar-refractivity contribution in [1.29, 1.82) is 0 Å². The van der Waals surface area contributed by atoms with Crippen molar-refractivity contribution < 1.29 is 0 Å². The van der Waals surface area contributed by atoms with Gasteiger partial charge >= 0.3 is 0 Å². The molecule has 1 heterocycles. The highest BCUT2D eigenvalue weighted by atomic mass is 32.1. The Morgan fingerprint density at radius 3 is 2.61 bits per heavy atom. The normalized spacial score (nSPS) is 30.3. The largest absolute Gasteiger partial charge is 0.310 e. The van der Waals surface area contributed by atoms with Crippen LogP contribution in [0.25, 0.3) is 0 Å². The fourth-order valence-corrected chi connectivity index (χ4v) is 4.22. The quantitative estimate of drug-likeness (QED) is 0.826. The fourth-order valence-electron chi connectivity index (χ4n) is 3.33. The van der Waals surface area contributed by atoms with Crippen molar-refractivity contribution in [2.45, 2.75) is 53.0 Å². The third kappa shape index (κ3) is 2.97. The van der Waals surface area contributed by atoms with Gasteiger partial charge in [-0.25, -0.2) is 0 Å². The van der Waals surface area contributed by atoms with Gasteiger partial charge in [0.15, 0.2) is 0 Å². The molecule has 0 spiro atoms. The molecule has 0 aromatic carbocycles. The van der Waals surface area contributed by atoms with E-state index in [1.54, 1.807) is 5.56 Å². The molecule has 1 aliphatic carbocycles. The third-order valence-corrected chi connectivity index (χ3v) is 5.64. The Morgan fingerprint density at radius 2 is 2.06 bits per heavy atom. The Kier molecular flexibility index (Phi) is 4.85. The molecule has 1 aromatic rings. The second-order valence-electron chi connectivity index (χ2n) is 6.07. The molecule has 1 fully saturated rings. The maximum atomic E-state index is 3.74. The summed E-state index contributed by atoms with van der Waals surface area (Å²) in [6.07, 6.45) is 4.17. The van der Waals surface area contributed by atoms with Gasteiger partial charge in [0.25, 0.3) is 0 Å². The van der Waals surface area contributed by atoms with E-state index in [-0.39, 0.29) is 0 Å². The summed E-state index contributed by atoms with van der Waals surface area (Å²) in [5.74, 6) is 2.61. The third-order valence-electron chi connectivity index (χ3n) is 4.76. The Hall–Kier alpha value is -0.340. The zero-order chi connectivity index (χ0) is 13.1. The van der Waals surface area contributed by atoms with Gasteiger partial charge in [-0.15, -0.1) is 0 Å². The monoisotopic (exact) mass is 265 g/mol. The van der Waals surface area contributed by atoms with Gasteiger partial charge in [-0.1, -0.05) is 27.2 Å². The van der Waals surface area contributed by atoms with Crippen LogP contribution in [-0.4, -0.2) is 6.54 Å². The molecule has 1 aliphatic rings. The highest BCUT2D eigenvalue weighted by Crippen LogP contribution is 2.41. The Bertz CT molecular complexity index is 371. The van der Waals surface area contributed by atoms with Gasteiger partial charge in [0.1, 0.15) is 0 Å². The van der Waals surface area contributed by atoms with Crippen LogP contribution < -0.4 is 5.32 Å². The van der Waals surface area contributed by atoms with Crippen LogP contribution in [0.15, 0.2) is 10.8 Å². The van der Waals surface area contributed by atoms with Gasteiger partial charge in [-0.2, -0.15) is 11.3 Å². The van der Waals surface area contributed by atoms with Crippen LogP contribution in [0.4, 0.5) is 0 Å². The highest BCUT2D eigenvalue weighted by molar-refractivity contribution is 7.08. The van der Waals surface area contributed by atoms with Gasteiger partial charge in [0.05, 0.1) is 0 Å². The van der Waals surface area contributed by atoms with Crippen molar-refractivity contribution in [3.63, 3.8) is 0 Å². The van der Waals surface area contributed by atoms with E-state index in [1.807, 2.05) is 11.3 Å². The van der Waals surface area contributed by atoms with Crippen molar-refractivity contribution in [1.82, 2.24) is 5.32 Å². The number of rotatable bonds is 4. The minimum Gasteiger partial charge on any atom is -0.310 e. The molecular weight excluding hydrogens is 238 g/mol. The molecule has 0 amide bonds. The Labute approximate surface area is 116 Å². The van der Waals surface area contributed by atoms with Gasteiger partial charge in [-0.3, -0.25) is 0 Å². The lowest BCUT2D eigenvalue weighted by molar-refractivity contribution is 0.172. The fraction of sp³-hybridized carbons (Fsp3) is 0.750. The van der Waals surface area contributed by atoms with Crippen LogP contribution in [0.2, 0.25) is 0 Å². The lowest BCUT2D eigenvalue weighted by Gasteiger charge is -2.37. The average Bonchev–Trinajstić information content (AvgIpc) is 2.76. The van der Waals surface area contributed by atoms with Gasteiger partial charge in [0.2, 0.25) is 0 Å². The van der Waals surface area contributed by atoms with Gasteiger partial charge < -0.3 is 5.32 Å². The number of aryl methyl sites for hydroxylation is 1. The molecule has 2 heteroatoms. The van der Waals surface area contributed by atoms with Crippen LogP contribution in [-0.2, 0) is 0 Å². The van der Waals surface area contributed by atoms with Crippen LogP contribution in [0, 0.1) is 24.7 Å². The summed E-state index contributed by atoms with van der Waals surface area (Å²) in [6, 6.07) is 0.580. The zero-order valence-corrected chi connectivity index (χ0v) is 13.0. The van der Waals surface area contributed by atoms with E-state index in [2.05, 4.69) is 43.8 Å². The highest BCUT2D eigenvalue weighted by Gasteiger charge is 2.31. The molecule has 1 N–H and O–H groups in total. The first-order valence-electron chi connectivity index (χ1n) is 7.39. The van der Waals surface area contributed by atoms with E-state index < -0.39 is 0 Å². The van der Waals surface area contributed by atoms with E-state index in [1.165, 1.54) is 24.8 Å². The first kappa shape index (κ1) is 14.1. The summed E-state index contributed by atoms with van der Waals surface area (Å²) in [5.41, 5.74) is 3.02. The van der Waals surface area contributed by atoms with Crippen LogP contribution >= 0.6 is 11.3 Å². The van der Waals surface area contributed by atoms with Gasteiger partial charge in [0, 0.05) is 6.04 Å². The standard InChI is InChI=1S/C16H27NS/c1-5-17-16(15-10-18-9-13(15)4)14-7-6-11(2)12(3)8-14/h9-12,14,16-17H,5-8H2,1-4H3. The van der Waals surface area contributed by atoms with Crippen molar-refractivity contribution in [2.75, 3.05) is 6.54 Å². The van der Waals surface area contributed by atoms with E-state index in [4.69, 9.17) is 0 Å². The summed E-state index contributed by atoms with van der Waals surface area (Å²) < 4.78 is 0. The second kappa shape index (κ2) is 6.21. The Balaban J connectivity index is 2.13. The van der Waals surface area contributed by atoms with Crippen molar-refractivity contribution in [3.8, 4) is 0 Å². The molecule has 2 rings (SSSR count). The van der Waals surface area contributed by atoms with E-state index >= 15 is 0 Å². The predicted octanol–water partition coefficient (Wildman–Crippen LogP) is 4.78. The molecule has 4 atom stereocenters. The first-order valence-corrected chi connectivity index (χ1v) is 8.33. The second-order valence-corrected chi connectivity index (χ2v) is 6.82. The summed E-state index contributed by atoms with van der Waals surface area (Å²) in [5, 5.41) is 8.38. The molecule has 102 valence electrons. The lowest BCUT2D eigenvalue weighted by atomic mass is 9.72. The molecule has 0 aliphatic heterocycles. The van der Waals surface area contributed by atoms with E-state index in [0.29, 0.717) is 6.04 Å². The van der Waals surface area contributed by atoms with Crippen molar-refractivity contribution in [2.24, 2.45) is 17.8 Å². The van der Waals surface area contributed by atoms with Gasteiger partial charge in [-0.05, 0) is 66.0 Å². The number of thiophene rings is 1. The van der Waals surface area contributed by atoms with Crippen LogP contribution in [0.5, 0.6) is 0 Å². The van der Waals surface area contributed by atoms with E-state index in [0.717, 1.165) is 24.3 Å². The maximum Gasteiger partial charge on any atom is 0.0359 e. The molecule has 0 radical (unpaired) electrons. The SMILES string of the molecule is CCNC(c1cscc1C)C1CCC(C)C(C)C1. The minimum absolute atomic E-state index is 0.580. The molecule has 0 saturated heterocycles. The zero-order valence-electron chi connectivity index (χ0n) is 12.2. The summed E-state index contributed by atoms with van der Waals surface area (Å²) in [7, 11) is 0. The first-order chi connectivity index (χ1) is 8.63. The van der Waals surface area contributed by atoms with Crippen molar-refractivity contribution >= 4 is 11.3 Å². The molecule has 1 saturated carbocycles. The molecule has 1 nitrogen and oxygen atoms in total. The topological polar surface area (TPSA) is 12.0 Å². The lowest BCUT2D eigenvalue weighted by Crippen LogP contribution is -2.33. The van der Waals surface area contributed by atoms with E-state index in [9.17, 15) is 0 Å². The molecule has 1 aromatic heterocycles. The molecule has 4 unspecified atom stereocenters. The molecule has 18 heavy (non-hydrogen) atoms. The van der Waals surface area contributed by atoms with Crippen molar-refractivity contribution in [3.05, 3.63) is 21.9 Å². The smallest absolute Gasteiger partial charge is 0.0359 e.